The van der Waals surface area contributed by atoms with E-state index in [1.165, 1.54) is 37.3 Å². The van der Waals surface area contributed by atoms with Gasteiger partial charge in [0.2, 0.25) is 0 Å². The Hall–Kier alpha value is -2.12. The van der Waals surface area contributed by atoms with E-state index < -0.39 is 0 Å². The molecule has 7 heteroatoms. The Kier molecular flexibility index (Phi) is 5.59. The molecule has 0 spiro atoms. The fraction of sp³-hybridized carbons (Fsp3) is 0.500. The van der Waals surface area contributed by atoms with Crippen LogP contribution >= 0.6 is 11.3 Å². The number of aromatic nitrogens is 1. The molecule has 1 aromatic carbocycles. The maximum absolute atomic E-state index is 12.9. The van der Waals surface area contributed by atoms with Crippen molar-refractivity contribution >= 4 is 17.2 Å². The van der Waals surface area contributed by atoms with Gasteiger partial charge in [-0.15, -0.1) is 11.3 Å². The zero-order chi connectivity index (χ0) is 18.6. The van der Waals surface area contributed by atoms with Gasteiger partial charge in [0.05, 0.1) is 18.3 Å². The minimum Gasteiger partial charge on any atom is -0.493 e. The van der Waals surface area contributed by atoms with Gasteiger partial charge in [-0.1, -0.05) is 0 Å². The van der Waals surface area contributed by atoms with E-state index in [4.69, 9.17) is 9.47 Å². The van der Waals surface area contributed by atoms with Crippen LogP contribution in [0.25, 0.3) is 0 Å². The van der Waals surface area contributed by atoms with Crippen LogP contribution in [0.3, 0.4) is 0 Å². The molecule has 1 aromatic heterocycles. The van der Waals surface area contributed by atoms with Crippen LogP contribution in [0.15, 0.2) is 29.1 Å². The minimum absolute atomic E-state index is 0.0704. The van der Waals surface area contributed by atoms with Crippen molar-refractivity contribution in [2.24, 2.45) is 0 Å². The number of benzene rings is 1. The maximum atomic E-state index is 12.9. The van der Waals surface area contributed by atoms with Crippen molar-refractivity contribution in [3.05, 3.63) is 40.3 Å². The topological polar surface area (TPSA) is 54.9 Å². The van der Waals surface area contributed by atoms with Crippen LogP contribution in [0.2, 0.25) is 0 Å². The van der Waals surface area contributed by atoms with Gasteiger partial charge in [0.1, 0.15) is 6.61 Å². The van der Waals surface area contributed by atoms with Gasteiger partial charge in [-0.2, -0.15) is 0 Å². The highest BCUT2D eigenvalue weighted by Gasteiger charge is 2.32. The Bertz CT molecular complexity index is 775. The average molecular weight is 388 g/mol. The Balaban J connectivity index is 1.41. The van der Waals surface area contributed by atoms with Crippen LogP contribution in [-0.4, -0.2) is 60.0 Å². The Labute approximate surface area is 163 Å². The van der Waals surface area contributed by atoms with Crippen molar-refractivity contribution in [1.29, 1.82) is 0 Å². The number of methoxy groups -OCH3 is 1. The summed E-state index contributed by atoms with van der Waals surface area (Å²) >= 11 is 1.54. The molecule has 4 rings (SSSR count). The van der Waals surface area contributed by atoms with Crippen molar-refractivity contribution in [2.75, 3.05) is 33.3 Å². The minimum atomic E-state index is 0.0704. The first-order valence-corrected chi connectivity index (χ1v) is 10.4. The lowest BCUT2D eigenvalue weighted by Gasteiger charge is -2.23. The number of nitrogens with zero attached hydrogens (tertiary/aromatic N) is 3. The predicted octanol–water partition coefficient (Wildman–Crippen LogP) is 3.04. The zero-order valence-electron chi connectivity index (χ0n) is 15.6. The first kappa shape index (κ1) is 18.3. The molecule has 0 bridgehead atoms. The van der Waals surface area contributed by atoms with E-state index in [2.05, 4.69) is 9.88 Å². The number of carbonyl (C=O) groups is 1. The van der Waals surface area contributed by atoms with Crippen molar-refractivity contribution in [2.45, 2.75) is 31.9 Å². The molecule has 27 heavy (non-hydrogen) atoms. The fourth-order valence-corrected chi connectivity index (χ4v) is 4.44. The third-order valence-electron chi connectivity index (χ3n) is 5.38. The lowest BCUT2D eigenvalue weighted by molar-refractivity contribution is 0.0779. The molecule has 2 aliphatic heterocycles. The van der Waals surface area contributed by atoms with Crippen LogP contribution in [-0.2, 0) is 6.61 Å². The third kappa shape index (κ3) is 4.09. The van der Waals surface area contributed by atoms with E-state index in [9.17, 15) is 4.79 Å². The molecule has 1 amide bonds. The number of likely N-dealkylation sites (tertiary alicyclic amines) is 2. The Morgan fingerprint density at radius 1 is 1.26 bits per heavy atom. The summed E-state index contributed by atoms with van der Waals surface area (Å²) < 4.78 is 11.3. The van der Waals surface area contributed by atoms with Gasteiger partial charge in [-0.3, -0.25) is 9.69 Å². The molecule has 0 aliphatic carbocycles. The first-order chi connectivity index (χ1) is 13.2. The highest BCUT2D eigenvalue weighted by atomic mass is 32.1. The monoisotopic (exact) mass is 387 g/mol. The van der Waals surface area contributed by atoms with Gasteiger partial charge in [-0.05, 0) is 50.6 Å². The zero-order valence-corrected chi connectivity index (χ0v) is 16.4. The lowest BCUT2D eigenvalue weighted by Crippen LogP contribution is -2.37. The Morgan fingerprint density at radius 3 is 2.85 bits per heavy atom. The second-order valence-corrected chi connectivity index (χ2v) is 7.79. The SMILES string of the molecule is COc1cc(C(=O)N2CC[C@@H](N3CCCC3)C2)ccc1OCc1cscn1. The van der Waals surface area contributed by atoms with E-state index in [1.807, 2.05) is 22.4 Å². The molecule has 6 nitrogen and oxygen atoms in total. The van der Waals surface area contributed by atoms with Gasteiger partial charge >= 0.3 is 0 Å². The molecule has 3 heterocycles. The molecular formula is C20H25N3O3S. The summed E-state index contributed by atoms with van der Waals surface area (Å²) in [5.41, 5.74) is 3.31. The second-order valence-electron chi connectivity index (χ2n) is 7.07. The highest BCUT2D eigenvalue weighted by Crippen LogP contribution is 2.30. The average Bonchev–Trinajstić information content (AvgIpc) is 3.47. The van der Waals surface area contributed by atoms with Crippen LogP contribution in [0.5, 0.6) is 11.5 Å². The molecule has 2 aliphatic rings. The van der Waals surface area contributed by atoms with Gasteiger partial charge in [0.25, 0.3) is 5.91 Å². The molecule has 144 valence electrons. The second kappa shape index (κ2) is 8.27. The summed E-state index contributed by atoms with van der Waals surface area (Å²) in [6, 6.07) is 5.93. The van der Waals surface area contributed by atoms with Gasteiger partial charge in [0.15, 0.2) is 11.5 Å². The number of hydrogen-bond donors (Lipinski definition) is 0. The van der Waals surface area contributed by atoms with Crippen LogP contribution in [0.4, 0.5) is 0 Å². The van der Waals surface area contributed by atoms with Gasteiger partial charge in [0, 0.05) is 30.1 Å². The summed E-state index contributed by atoms with van der Waals surface area (Å²) in [6.45, 7) is 4.38. The fourth-order valence-electron chi connectivity index (χ4n) is 3.89. The lowest BCUT2D eigenvalue weighted by atomic mass is 10.1. The quantitative estimate of drug-likeness (QED) is 0.763. The molecular weight excluding hydrogens is 362 g/mol. The molecule has 0 radical (unpaired) electrons. The first-order valence-electron chi connectivity index (χ1n) is 9.46. The van der Waals surface area contributed by atoms with Crippen molar-refractivity contribution in [1.82, 2.24) is 14.8 Å². The predicted molar refractivity (Wildman–Crippen MR) is 105 cm³/mol. The summed E-state index contributed by atoms with van der Waals surface area (Å²) in [7, 11) is 1.60. The molecule has 2 saturated heterocycles. The van der Waals surface area contributed by atoms with E-state index in [0.717, 1.165) is 25.2 Å². The van der Waals surface area contributed by atoms with Crippen molar-refractivity contribution in [3.63, 3.8) is 0 Å². The standard InChI is InChI=1S/C20H25N3O3S/c1-25-19-10-15(4-5-18(19)26-12-16-13-27-14-21-16)20(24)23-9-6-17(11-23)22-7-2-3-8-22/h4-5,10,13-14,17H,2-3,6-9,11-12H2,1H3/t17-/m1/s1. The van der Waals surface area contributed by atoms with E-state index in [0.29, 0.717) is 29.7 Å². The highest BCUT2D eigenvalue weighted by molar-refractivity contribution is 7.07. The molecule has 0 unspecified atom stereocenters. The van der Waals surface area contributed by atoms with Crippen LogP contribution < -0.4 is 9.47 Å². The summed E-state index contributed by atoms with van der Waals surface area (Å²) in [5, 5.41) is 1.95. The molecule has 2 fully saturated rings. The molecule has 0 saturated carbocycles. The summed E-state index contributed by atoms with van der Waals surface area (Å²) in [6.07, 6.45) is 3.63. The number of carbonyl (C=O) groups excluding carboxylic acids is 1. The van der Waals surface area contributed by atoms with E-state index in [-0.39, 0.29) is 5.91 Å². The summed E-state index contributed by atoms with van der Waals surface area (Å²) in [5.74, 6) is 1.27. The number of amides is 1. The molecule has 2 aromatic rings. The van der Waals surface area contributed by atoms with Crippen molar-refractivity contribution < 1.29 is 14.3 Å². The maximum Gasteiger partial charge on any atom is 0.254 e. The number of ether oxygens (including phenoxy) is 2. The van der Waals surface area contributed by atoms with Crippen molar-refractivity contribution in [3.8, 4) is 11.5 Å². The number of rotatable bonds is 6. The number of thiazole rings is 1. The summed E-state index contributed by atoms with van der Waals surface area (Å²) in [4.78, 5) is 21.6. The van der Waals surface area contributed by atoms with Gasteiger partial charge < -0.3 is 14.4 Å². The van der Waals surface area contributed by atoms with E-state index >= 15 is 0 Å². The smallest absolute Gasteiger partial charge is 0.254 e. The molecule has 0 N–H and O–H groups in total. The normalized spacial score (nSPS) is 20.2. The van der Waals surface area contributed by atoms with E-state index in [1.54, 1.807) is 18.7 Å². The Morgan fingerprint density at radius 2 is 2.11 bits per heavy atom. The van der Waals surface area contributed by atoms with Crippen LogP contribution in [0.1, 0.15) is 35.3 Å². The number of hydrogen-bond acceptors (Lipinski definition) is 6. The molecule has 1 atom stereocenters. The van der Waals surface area contributed by atoms with Gasteiger partial charge in [-0.25, -0.2) is 4.98 Å². The van der Waals surface area contributed by atoms with Crippen LogP contribution in [0, 0.1) is 0 Å². The largest absolute Gasteiger partial charge is 0.493 e. The third-order valence-corrected chi connectivity index (χ3v) is 6.01.